The quantitative estimate of drug-likeness (QED) is 0.354. The van der Waals surface area contributed by atoms with Crippen LogP contribution < -0.4 is 5.32 Å². The molecule has 214 valence electrons. The minimum Gasteiger partial charge on any atom is -0.481 e. The number of aliphatic carboxylic acids is 2. The van der Waals surface area contributed by atoms with Gasteiger partial charge >= 0.3 is 17.9 Å². The number of hydrogen-bond donors (Lipinski definition) is 3. The molecule has 4 fully saturated rings. The molecule has 0 aromatic carbocycles. The van der Waals surface area contributed by atoms with Gasteiger partial charge in [0.15, 0.2) is 0 Å². The molecule has 8 heteroatoms. The summed E-state index contributed by atoms with van der Waals surface area (Å²) in [7, 11) is 0. The van der Waals surface area contributed by atoms with Crippen LogP contribution in [-0.4, -0.2) is 46.2 Å². The van der Waals surface area contributed by atoms with E-state index >= 15 is 0 Å². The molecule has 0 saturated heterocycles. The molecule has 8 nitrogen and oxygen atoms in total. The molecule has 10 atom stereocenters. The summed E-state index contributed by atoms with van der Waals surface area (Å²) < 4.78 is 5.75. The average molecular weight is 534 g/mol. The summed E-state index contributed by atoms with van der Waals surface area (Å²) in [6, 6.07) is -1.26. The Balaban J connectivity index is 1.37. The Bertz CT molecular complexity index is 936. The van der Waals surface area contributed by atoms with Crippen LogP contribution in [0.1, 0.15) is 105 Å². The van der Waals surface area contributed by atoms with Crippen molar-refractivity contribution in [1.82, 2.24) is 5.32 Å². The number of nitrogens with one attached hydrogen (secondary N) is 1. The normalized spacial score (nSPS) is 39.6. The first-order valence-corrected chi connectivity index (χ1v) is 14.8. The van der Waals surface area contributed by atoms with Crippen molar-refractivity contribution in [2.45, 2.75) is 117 Å². The fourth-order valence-electron chi connectivity index (χ4n) is 9.70. The lowest BCUT2D eigenvalue weighted by molar-refractivity contribution is -0.165. The summed E-state index contributed by atoms with van der Waals surface area (Å²) in [6.07, 6.45) is 10.4. The summed E-state index contributed by atoms with van der Waals surface area (Å²) in [5, 5.41) is 20.8. The predicted octanol–water partition coefficient (Wildman–Crippen LogP) is 5.04. The lowest BCUT2D eigenvalue weighted by Gasteiger charge is -2.61. The Hall–Kier alpha value is -2.12. The van der Waals surface area contributed by atoms with Crippen molar-refractivity contribution < 1.29 is 34.1 Å². The van der Waals surface area contributed by atoms with Crippen LogP contribution >= 0.6 is 0 Å². The van der Waals surface area contributed by atoms with Gasteiger partial charge in [0.05, 0.1) is 6.42 Å². The molecule has 4 rings (SSSR count). The van der Waals surface area contributed by atoms with Crippen LogP contribution in [0.25, 0.3) is 0 Å². The standard InChI is InChI=1S/C30H47NO7/c1-17(5-10-26(33)34)22-8-9-23-21-7-6-19-15-20(38-27(35)16-25(28(36)37)31-18(2)32)11-13-29(19,3)24(21)12-14-30(22,23)4/h17,19-25H,5-16H2,1-4H3,(H,31,32)(H,33,34)(H,36,37)/t17-,19-,20+,21+,22-,23+,24+,25?,29+,30?/m1/s1. The number of esters is 1. The second-order valence-corrected chi connectivity index (χ2v) is 13.5. The number of ether oxygens (including phenoxy) is 1. The van der Waals surface area contributed by atoms with E-state index in [0.717, 1.165) is 38.0 Å². The van der Waals surface area contributed by atoms with E-state index in [1.807, 2.05) is 0 Å². The highest BCUT2D eigenvalue weighted by molar-refractivity contribution is 5.86. The van der Waals surface area contributed by atoms with Gasteiger partial charge in [0.25, 0.3) is 0 Å². The molecule has 0 aromatic heterocycles. The number of rotatable bonds is 9. The van der Waals surface area contributed by atoms with E-state index < -0.39 is 29.9 Å². The highest BCUT2D eigenvalue weighted by Gasteiger charge is 2.60. The molecule has 3 N–H and O–H groups in total. The molecule has 1 amide bonds. The van der Waals surface area contributed by atoms with Gasteiger partial charge in [0, 0.05) is 13.3 Å². The summed E-state index contributed by atoms with van der Waals surface area (Å²) in [6.45, 7) is 8.47. The molecule has 0 spiro atoms. The van der Waals surface area contributed by atoms with E-state index in [9.17, 15) is 29.4 Å². The van der Waals surface area contributed by atoms with Crippen molar-refractivity contribution in [3.63, 3.8) is 0 Å². The number of carbonyl (C=O) groups excluding carboxylic acids is 2. The number of carboxylic acid groups (broad SMARTS) is 2. The Labute approximate surface area is 226 Å². The maximum Gasteiger partial charge on any atom is 0.326 e. The molecule has 4 saturated carbocycles. The molecule has 0 heterocycles. The van der Waals surface area contributed by atoms with Crippen LogP contribution in [0.3, 0.4) is 0 Å². The van der Waals surface area contributed by atoms with E-state index in [1.54, 1.807) is 0 Å². The van der Waals surface area contributed by atoms with Crippen LogP contribution in [0.4, 0.5) is 0 Å². The molecular formula is C30H47NO7. The van der Waals surface area contributed by atoms with E-state index in [0.29, 0.717) is 35.0 Å². The monoisotopic (exact) mass is 533 g/mol. The van der Waals surface area contributed by atoms with Crippen molar-refractivity contribution in [3.8, 4) is 0 Å². The van der Waals surface area contributed by atoms with Gasteiger partial charge in [-0.3, -0.25) is 14.4 Å². The van der Waals surface area contributed by atoms with Crippen molar-refractivity contribution in [2.24, 2.45) is 46.3 Å². The van der Waals surface area contributed by atoms with Crippen molar-refractivity contribution >= 4 is 23.8 Å². The summed E-state index contributed by atoms with van der Waals surface area (Å²) in [5.74, 6) is 0.703. The van der Waals surface area contributed by atoms with Crippen LogP contribution in [0.2, 0.25) is 0 Å². The number of carbonyl (C=O) groups is 4. The first-order chi connectivity index (χ1) is 17.8. The number of carboxylic acids is 2. The number of amides is 1. The topological polar surface area (TPSA) is 130 Å². The maximum atomic E-state index is 12.5. The van der Waals surface area contributed by atoms with E-state index in [1.165, 1.54) is 39.0 Å². The van der Waals surface area contributed by atoms with Crippen LogP contribution in [0, 0.1) is 46.3 Å². The molecule has 2 unspecified atom stereocenters. The summed E-state index contributed by atoms with van der Waals surface area (Å²) in [4.78, 5) is 46.4. The van der Waals surface area contributed by atoms with Gasteiger partial charge in [-0.1, -0.05) is 20.8 Å². The first kappa shape index (κ1) is 28.9. The zero-order valence-electron chi connectivity index (χ0n) is 23.5. The fraction of sp³-hybridized carbons (Fsp3) is 0.867. The van der Waals surface area contributed by atoms with E-state index in [2.05, 4.69) is 26.1 Å². The van der Waals surface area contributed by atoms with Crippen LogP contribution in [0.15, 0.2) is 0 Å². The Morgan fingerprint density at radius 3 is 2.29 bits per heavy atom. The largest absolute Gasteiger partial charge is 0.481 e. The van der Waals surface area contributed by atoms with Gasteiger partial charge < -0.3 is 20.3 Å². The molecule has 0 aromatic rings. The molecule has 38 heavy (non-hydrogen) atoms. The van der Waals surface area contributed by atoms with Gasteiger partial charge in [-0.15, -0.1) is 0 Å². The van der Waals surface area contributed by atoms with Crippen LogP contribution in [0.5, 0.6) is 0 Å². The fourth-order valence-corrected chi connectivity index (χ4v) is 9.70. The second kappa shape index (κ2) is 11.2. The highest BCUT2D eigenvalue weighted by Crippen LogP contribution is 2.68. The Morgan fingerprint density at radius 1 is 0.947 bits per heavy atom. The molecule has 0 aliphatic heterocycles. The lowest BCUT2D eigenvalue weighted by Crippen LogP contribution is -2.54. The third-order valence-electron chi connectivity index (χ3n) is 11.5. The minimum atomic E-state index is -1.26. The number of hydrogen-bond acceptors (Lipinski definition) is 5. The molecule has 0 bridgehead atoms. The van der Waals surface area contributed by atoms with Crippen molar-refractivity contribution in [1.29, 1.82) is 0 Å². The maximum absolute atomic E-state index is 12.5. The molecule has 4 aliphatic carbocycles. The van der Waals surface area contributed by atoms with Crippen LogP contribution in [-0.2, 0) is 23.9 Å². The third-order valence-corrected chi connectivity index (χ3v) is 11.5. The summed E-state index contributed by atoms with van der Waals surface area (Å²) >= 11 is 0. The van der Waals surface area contributed by atoms with E-state index in [4.69, 9.17) is 4.74 Å². The van der Waals surface area contributed by atoms with Gasteiger partial charge in [0.1, 0.15) is 12.1 Å². The van der Waals surface area contributed by atoms with Gasteiger partial charge in [-0.25, -0.2) is 4.79 Å². The minimum absolute atomic E-state index is 0.191. The van der Waals surface area contributed by atoms with Crippen molar-refractivity contribution in [3.05, 3.63) is 0 Å². The predicted molar refractivity (Wildman–Crippen MR) is 141 cm³/mol. The molecular weight excluding hydrogens is 486 g/mol. The SMILES string of the molecule is CC(=O)NC(CC(=O)O[C@H]1CC[C@@]2(C)[C@H](CC[C@H]3[C@@H]4CC[C@H]([C@H](C)CCC(=O)O)C4(C)CC[C@@H]32)C1)C(=O)O. The molecule has 0 radical (unpaired) electrons. The zero-order chi connectivity index (χ0) is 27.8. The van der Waals surface area contributed by atoms with Gasteiger partial charge in [-0.2, -0.15) is 0 Å². The van der Waals surface area contributed by atoms with Gasteiger partial charge in [-0.05, 0) is 111 Å². The second-order valence-electron chi connectivity index (χ2n) is 13.5. The first-order valence-electron chi connectivity index (χ1n) is 14.8. The third kappa shape index (κ3) is 5.60. The Kier molecular flexibility index (Phi) is 8.49. The summed E-state index contributed by atoms with van der Waals surface area (Å²) in [5.41, 5.74) is 0.545. The smallest absolute Gasteiger partial charge is 0.326 e. The Morgan fingerprint density at radius 2 is 1.63 bits per heavy atom. The lowest BCUT2D eigenvalue weighted by atomic mass is 9.44. The molecule has 4 aliphatic rings. The number of fused-ring (bicyclic) bond motifs is 5. The highest BCUT2D eigenvalue weighted by atomic mass is 16.5. The zero-order valence-corrected chi connectivity index (χ0v) is 23.5. The van der Waals surface area contributed by atoms with Gasteiger partial charge in [0.2, 0.25) is 5.91 Å². The average Bonchev–Trinajstić information content (AvgIpc) is 3.19. The van der Waals surface area contributed by atoms with E-state index in [-0.39, 0.29) is 24.4 Å². The van der Waals surface area contributed by atoms with Crippen molar-refractivity contribution in [2.75, 3.05) is 0 Å².